The molecule has 20 nitrogen and oxygen atoms in total. The van der Waals surface area contributed by atoms with Crippen LogP contribution in [-0.2, 0) is 41.8 Å². The van der Waals surface area contributed by atoms with E-state index >= 15 is 0 Å². The number of aldehydes is 1. The number of nitrogen functional groups attached to an aromatic ring is 1. The van der Waals surface area contributed by atoms with Gasteiger partial charge in [-0.05, 0) is 150 Å². The SMILES string of the molecule is COC(=O)c1ccc2c(c1)CCN2.COC(=O)c1ccc2c(c1)CCN2Cc1cc(OC)c(OC)c(OC)c1.COc1cc(C=O)cc(OC)c1OC.COc1cc(CN2CCc3cc(C(=O)Nc4ccccc4N)ccc32)cc(OC)c1OC. The number of rotatable bonds is 18. The number of carbonyl (C=O) groups excluding carboxylic acids is 4. The zero-order valence-electron chi connectivity index (χ0n) is 49.8. The third kappa shape index (κ3) is 15.0. The highest BCUT2D eigenvalue weighted by atomic mass is 16.5. The molecule has 10 rings (SSSR count). The van der Waals surface area contributed by atoms with Crippen LogP contribution in [0, 0.1) is 0 Å². The molecule has 0 saturated carbocycles. The van der Waals surface area contributed by atoms with Crippen molar-refractivity contribution in [3.05, 3.63) is 165 Å². The summed E-state index contributed by atoms with van der Waals surface area (Å²) in [5.41, 5.74) is 18.4. The Morgan fingerprint density at radius 2 is 0.906 bits per heavy atom. The lowest BCUT2D eigenvalue weighted by molar-refractivity contribution is 0.0592. The summed E-state index contributed by atoms with van der Waals surface area (Å²) in [5, 5.41) is 6.12. The Bertz CT molecular complexity index is 3420. The number of benzene rings is 7. The quantitative estimate of drug-likeness (QED) is 0.0412. The first-order valence-corrected chi connectivity index (χ1v) is 27.0. The summed E-state index contributed by atoms with van der Waals surface area (Å²) in [6.07, 6.45) is 3.48. The molecule has 448 valence electrons. The van der Waals surface area contributed by atoms with E-state index in [-0.39, 0.29) is 17.8 Å². The van der Waals surface area contributed by atoms with Gasteiger partial charge in [-0.2, -0.15) is 0 Å². The molecule has 0 aliphatic carbocycles. The lowest BCUT2D eigenvalue weighted by atomic mass is 10.1. The molecule has 7 aromatic carbocycles. The van der Waals surface area contributed by atoms with Gasteiger partial charge in [-0.25, -0.2) is 9.59 Å². The predicted molar refractivity (Wildman–Crippen MR) is 326 cm³/mol. The van der Waals surface area contributed by atoms with E-state index in [2.05, 4.69) is 25.2 Å². The third-order valence-corrected chi connectivity index (χ3v) is 14.3. The summed E-state index contributed by atoms with van der Waals surface area (Å²) in [6, 6.07) is 35.4. The van der Waals surface area contributed by atoms with Crippen LogP contribution in [0.5, 0.6) is 51.7 Å². The van der Waals surface area contributed by atoms with Gasteiger partial charge in [0.2, 0.25) is 17.2 Å². The van der Waals surface area contributed by atoms with E-state index in [9.17, 15) is 19.2 Å². The van der Waals surface area contributed by atoms with Gasteiger partial charge >= 0.3 is 11.9 Å². The number of para-hydroxylation sites is 2. The van der Waals surface area contributed by atoms with E-state index in [4.69, 9.17) is 53.1 Å². The molecule has 0 spiro atoms. The topological polar surface area (TPSA) is 226 Å². The lowest BCUT2D eigenvalue weighted by Crippen LogP contribution is -2.20. The number of anilines is 5. The van der Waals surface area contributed by atoms with Gasteiger partial charge in [0.1, 0.15) is 6.29 Å². The van der Waals surface area contributed by atoms with Crippen molar-refractivity contribution in [1.82, 2.24) is 0 Å². The molecule has 1 amide bonds. The number of nitrogens with zero attached hydrogens (tertiary/aromatic N) is 2. The van der Waals surface area contributed by atoms with Crippen molar-refractivity contribution in [1.29, 1.82) is 0 Å². The van der Waals surface area contributed by atoms with E-state index in [1.807, 2.05) is 78.9 Å². The molecular weight excluding hydrogens is 1090 g/mol. The van der Waals surface area contributed by atoms with Gasteiger partial charge in [0, 0.05) is 60.9 Å². The smallest absolute Gasteiger partial charge is 0.337 e. The Morgan fingerprint density at radius 1 is 0.494 bits per heavy atom. The maximum absolute atomic E-state index is 12.7. The predicted octanol–water partition coefficient (Wildman–Crippen LogP) is 10.1. The van der Waals surface area contributed by atoms with E-state index in [1.54, 1.807) is 79.1 Å². The molecule has 20 heteroatoms. The minimum atomic E-state index is -0.309. The number of amides is 1. The molecule has 0 unspecified atom stereocenters. The highest BCUT2D eigenvalue weighted by molar-refractivity contribution is 6.06. The molecule has 3 heterocycles. The summed E-state index contributed by atoms with van der Waals surface area (Å²) in [5.74, 6) is 4.41. The van der Waals surface area contributed by atoms with E-state index < -0.39 is 0 Å². The van der Waals surface area contributed by atoms with Crippen LogP contribution in [0.4, 0.5) is 28.4 Å². The zero-order valence-corrected chi connectivity index (χ0v) is 49.8. The monoisotopic (exact) mass is 1160 g/mol. The van der Waals surface area contributed by atoms with Gasteiger partial charge in [-0.15, -0.1) is 0 Å². The van der Waals surface area contributed by atoms with E-state index in [1.165, 1.54) is 41.1 Å². The van der Waals surface area contributed by atoms with Crippen molar-refractivity contribution in [2.45, 2.75) is 32.4 Å². The standard InChI is InChI=1S/C25H27N3O4.C20H23NO5.C10H11NO2.C10H12O4/c1-30-22-12-16(13-23(31-2)24(22)32-3)15-28-11-10-17-14-18(8-9-21(17)28)25(29)27-20-7-5-4-6-19(20)26;1-23-17-9-13(10-18(24-2)19(17)25-3)12-21-8-7-14-11-15(20(22)26-4)5-6-16(14)21;1-13-10(12)8-2-3-9-7(6-8)4-5-11-9;1-12-8-4-7(6-11)5-9(13-2)10(8)14-3/h4-9,12-14H,10-11,15,26H2,1-3H3,(H,27,29);5-6,9-11H,7-8,12H2,1-4H3;2-3,6,11H,4-5H2,1H3;4-6H,1-3H3. The van der Waals surface area contributed by atoms with Crippen molar-refractivity contribution in [3.8, 4) is 51.7 Å². The normalized spacial score (nSPS) is 12.0. The maximum Gasteiger partial charge on any atom is 0.337 e. The Morgan fingerprint density at radius 3 is 1.33 bits per heavy atom. The van der Waals surface area contributed by atoms with Crippen molar-refractivity contribution in [2.75, 3.05) is 124 Å². The molecule has 0 bridgehead atoms. The van der Waals surface area contributed by atoms with Crippen LogP contribution in [0.15, 0.2) is 115 Å². The minimum absolute atomic E-state index is 0.172. The maximum atomic E-state index is 12.7. The van der Waals surface area contributed by atoms with Gasteiger partial charge in [0.25, 0.3) is 5.91 Å². The van der Waals surface area contributed by atoms with Crippen LogP contribution in [-0.4, -0.2) is 122 Å². The fraction of sp³-hybridized carbons (Fsp3) is 0.292. The first-order valence-electron chi connectivity index (χ1n) is 27.0. The average Bonchev–Trinajstić information content (AvgIpc) is 4.11. The molecule has 4 N–H and O–H groups in total. The van der Waals surface area contributed by atoms with Crippen molar-refractivity contribution in [3.63, 3.8) is 0 Å². The molecule has 0 radical (unpaired) electrons. The largest absolute Gasteiger partial charge is 0.493 e. The number of ether oxygens (including phenoxy) is 11. The van der Waals surface area contributed by atoms with Gasteiger partial charge in [-0.3, -0.25) is 9.59 Å². The minimum Gasteiger partial charge on any atom is -0.493 e. The van der Waals surface area contributed by atoms with Crippen LogP contribution in [0.3, 0.4) is 0 Å². The van der Waals surface area contributed by atoms with E-state index in [0.717, 1.165) is 84.5 Å². The number of methoxy groups -OCH3 is 11. The summed E-state index contributed by atoms with van der Waals surface area (Å²) >= 11 is 0. The summed E-state index contributed by atoms with van der Waals surface area (Å²) in [4.78, 5) is 50.8. The fourth-order valence-electron chi connectivity index (χ4n) is 10.1. The zero-order chi connectivity index (χ0) is 61.2. The number of hydrogen-bond donors (Lipinski definition) is 3. The van der Waals surface area contributed by atoms with Crippen LogP contribution in [0.1, 0.15) is 69.2 Å². The number of fused-ring (bicyclic) bond motifs is 3. The van der Waals surface area contributed by atoms with Crippen LogP contribution in [0.2, 0.25) is 0 Å². The molecule has 7 aromatic rings. The molecule has 3 aliphatic rings. The van der Waals surface area contributed by atoms with Crippen molar-refractivity contribution < 1.29 is 71.3 Å². The first kappa shape index (κ1) is 62.6. The van der Waals surface area contributed by atoms with Gasteiger partial charge in [-0.1, -0.05) is 12.1 Å². The average molecular weight is 1160 g/mol. The van der Waals surface area contributed by atoms with Crippen molar-refractivity contribution >= 4 is 52.6 Å². The van der Waals surface area contributed by atoms with Crippen LogP contribution in [0.25, 0.3) is 0 Å². The van der Waals surface area contributed by atoms with Gasteiger partial charge < -0.3 is 78.3 Å². The Hall–Kier alpha value is -9.98. The Labute approximate surface area is 495 Å². The highest BCUT2D eigenvalue weighted by Crippen LogP contribution is 2.42. The lowest BCUT2D eigenvalue weighted by Gasteiger charge is -2.21. The molecule has 0 fully saturated rings. The van der Waals surface area contributed by atoms with Crippen LogP contribution < -0.4 is 68.8 Å². The van der Waals surface area contributed by atoms with Gasteiger partial charge in [0.15, 0.2) is 34.5 Å². The Balaban J connectivity index is 0.000000174. The highest BCUT2D eigenvalue weighted by Gasteiger charge is 2.25. The summed E-state index contributed by atoms with van der Waals surface area (Å²) < 4.78 is 57.3. The number of carbonyl (C=O) groups is 4. The Kier molecular flexibility index (Phi) is 22.0. The first-order chi connectivity index (χ1) is 41.2. The number of esters is 2. The van der Waals surface area contributed by atoms with E-state index in [0.29, 0.717) is 98.5 Å². The molecular formula is C65H73N5O15. The van der Waals surface area contributed by atoms with Gasteiger partial charge in [0.05, 0.1) is 101 Å². The number of nitrogens with two attached hydrogens (primary N) is 1. The molecule has 0 aromatic heterocycles. The number of hydrogen-bond acceptors (Lipinski definition) is 19. The molecule has 3 aliphatic heterocycles. The second-order valence-corrected chi connectivity index (χ2v) is 19.2. The fourth-order valence-corrected chi connectivity index (χ4v) is 10.1. The summed E-state index contributed by atoms with van der Waals surface area (Å²) in [7, 11) is 17.0. The third-order valence-electron chi connectivity index (χ3n) is 14.3. The summed E-state index contributed by atoms with van der Waals surface area (Å²) in [6.45, 7) is 4.11. The molecule has 85 heavy (non-hydrogen) atoms. The molecule has 0 saturated heterocycles. The van der Waals surface area contributed by atoms with Crippen LogP contribution >= 0.6 is 0 Å². The van der Waals surface area contributed by atoms with Crippen molar-refractivity contribution in [2.24, 2.45) is 0 Å². The second kappa shape index (κ2) is 29.8. The molecule has 0 atom stereocenters. The second-order valence-electron chi connectivity index (χ2n) is 19.2. The number of nitrogens with one attached hydrogen (secondary N) is 2.